The minimum absolute atomic E-state index is 0.124. The molecule has 31 heavy (non-hydrogen) atoms. The molecule has 1 saturated heterocycles. The molecule has 0 aliphatic carbocycles. The van der Waals surface area contributed by atoms with Crippen molar-refractivity contribution in [2.24, 2.45) is 0 Å². The minimum Gasteiger partial charge on any atom is -0.487 e. The summed E-state index contributed by atoms with van der Waals surface area (Å²) in [6.07, 6.45) is 6.27. The molecule has 3 heterocycles. The number of β-amino-alcohol motifs (C(OH)–C–C–N with tert-alkyl or cyclic N) is 1. The van der Waals surface area contributed by atoms with E-state index < -0.39 is 6.10 Å². The zero-order chi connectivity index (χ0) is 21.2. The fourth-order valence-electron chi connectivity index (χ4n) is 4.05. The number of rotatable bonds is 4. The lowest BCUT2D eigenvalue weighted by Crippen LogP contribution is -2.51. The van der Waals surface area contributed by atoms with E-state index >= 15 is 0 Å². The number of carbonyl (C=O) groups is 1. The number of aliphatic hydroxyl groups is 1. The SMILES string of the molecule is O=C(c1ccccc1-c1ncc[nH]1)N1CC[C@@H](Oc2cccc3cnccc23)[C@H](O)C1. The van der Waals surface area contributed by atoms with Crippen LogP contribution in [0.2, 0.25) is 0 Å². The number of pyridine rings is 1. The first-order valence-electron chi connectivity index (χ1n) is 10.3. The molecule has 7 heteroatoms. The van der Waals surface area contributed by atoms with Gasteiger partial charge in [0.1, 0.15) is 23.8 Å². The van der Waals surface area contributed by atoms with Crippen LogP contribution < -0.4 is 4.74 Å². The lowest BCUT2D eigenvalue weighted by Gasteiger charge is -2.36. The summed E-state index contributed by atoms with van der Waals surface area (Å²) in [5.74, 6) is 1.24. The van der Waals surface area contributed by atoms with Crippen LogP contribution in [0.3, 0.4) is 0 Å². The zero-order valence-corrected chi connectivity index (χ0v) is 16.8. The number of carbonyl (C=O) groups excluding carboxylic acids is 1. The molecule has 7 nitrogen and oxygen atoms in total. The molecule has 0 bridgehead atoms. The smallest absolute Gasteiger partial charge is 0.254 e. The van der Waals surface area contributed by atoms with E-state index in [1.54, 1.807) is 35.8 Å². The quantitative estimate of drug-likeness (QED) is 0.535. The maximum absolute atomic E-state index is 13.2. The molecule has 2 atom stereocenters. The van der Waals surface area contributed by atoms with Gasteiger partial charge in [-0.3, -0.25) is 9.78 Å². The van der Waals surface area contributed by atoms with Gasteiger partial charge in [-0.15, -0.1) is 0 Å². The molecule has 0 unspecified atom stereocenters. The number of fused-ring (bicyclic) bond motifs is 1. The van der Waals surface area contributed by atoms with E-state index in [9.17, 15) is 9.90 Å². The molecule has 2 aromatic heterocycles. The number of aromatic nitrogens is 3. The van der Waals surface area contributed by atoms with Gasteiger partial charge in [0.15, 0.2) is 0 Å². The third-order valence-electron chi connectivity index (χ3n) is 5.64. The van der Waals surface area contributed by atoms with Gasteiger partial charge < -0.3 is 19.7 Å². The van der Waals surface area contributed by atoms with Crippen molar-refractivity contribution in [1.82, 2.24) is 19.9 Å². The van der Waals surface area contributed by atoms with Crippen LogP contribution in [0.4, 0.5) is 0 Å². The van der Waals surface area contributed by atoms with Crippen molar-refractivity contribution >= 4 is 16.7 Å². The minimum atomic E-state index is -0.787. The largest absolute Gasteiger partial charge is 0.487 e. The van der Waals surface area contributed by atoms with Crippen molar-refractivity contribution in [3.05, 3.63) is 78.9 Å². The number of aromatic amines is 1. The Hall–Kier alpha value is -3.71. The Balaban J connectivity index is 1.32. The highest BCUT2D eigenvalue weighted by Gasteiger charge is 2.33. The summed E-state index contributed by atoms with van der Waals surface area (Å²) in [6.45, 7) is 0.710. The maximum Gasteiger partial charge on any atom is 0.254 e. The molecule has 2 aromatic carbocycles. The maximum atomic E-state index is 13.2. The van der Waals surface area contributed by atoms with Gasteiger partial charge in [0.25, 0.3) is 5.91 Å². The molecule has 0 radical (unpaired) electrons. The predicted octanol–water partition coefficient (Wildman–Crippen LogP) is 3.28. The monoisotopic (exact) mass is 414 g/mol. The molecule has 1 aliphatic rings. The van der Waals surface area contributed by atoms with Crippen molar-refractivity contribution in [3.8, 4) is 17.1 Å². The van der Waals surface area contributed by atoms with Crippen molar-refractivity contribution in [2.75, 3.05) is 13.1 Å². The van der Waals surface area contributed by atoms with Crippen molar-refractivity contribution < 1.29 is 14.6 Å². The van der Waals surface area contributed by atoms with Gasteiger partial charge >= 0.3 is 0 Å². The van der Waals surface area contributed by atoms with Gasteiger partial charge in [-0.25, -0.2) is 4.98 Å². The lowest BCUT2D eigenvalue weighted by molar-refractivity contribution is -0.0192. The number of nitrogens with zero attached hydrogens (tertiary/aromatic N) is 3. The second kappa shape index (κ2) is 8.20. The van der Waals surface area contributed by atoms with Gasteiger partial charge in [-0.05, 0) is 18.2 Å². The normalized spacial score (nSPS) is 18.8. The Morgan fingerprint density at radius 3 is 2.87 bits per heavy atom. The van der Waals surface area contributed by atoms with Crippen LogP contribution in [0.1, 0.15) is 16.8 Å². The molecule has 0 spiro atoms. The van der Waals surface area contributed by atoms with Gasteiger partial charge in [0, 0.05) is 54.1 Å². The van der Waals surface area contributed by atoms with Crippen LogP contribution in [0, 0.1) is 0 Å². The summed E-state index contributed by atoms with van der Waals surface area (Å²) in [5.41, 5.74) is 1.31. The van der Waals surface area contributed by atoms with Gasteiger partial charge in [-0.2, -0.15) is 0 Å². The Bertz CT molecular complexity index is 1200. The molecule has 4 aromatic rings. The second-order valence-electron chi connectivity index (χ2n) is 7.60. The first-order valence-corrected chi connectivity index (χ1v) is 10.3. The van der Waals surface area contributed by atoms with Crippen LogP contribution in [-0.4, -0.2) is 56.2 Å². The van der Waals surface area contributed by atoms with Crippen molar-refractivity contribution in [1.29, 1.82) is 0 Å². The molecule has 1 amide bonds. The number of benzene rings is 2. The van der Waals surface area contributed by atoms with Gasteiger partial charge in [-0.1, -0.05) is 30.3 Å². The first-order chi connectivity index (χ1) is 15.2. The van der Waals surface area contributed by atoms with Crippen LogP contribution in [0.25, 0.3) is 22.2 Å². The number of ether oxygens (including phenoxy) is 1. The summed E-state index contributed by atoms with van der Waals surface area (Å²) in [6, 6.07) is 15.1. The highest BCUT2D eigenvalue weighted by Crippen LogP contribution is 2.29. The van der Waals surface area contributed by atoms with Crippen LogP contribution in [0.5, 0.6) is 5.75 Å². The number of hydrogen-bond donors (Lipinski definition) is 2. The summed E-state index contributed by atoms with van der Waals surface area (Å²) in [7, 11) is 0. The average Bonchev–Trinajstić information content (AvgIpc) is 3.35. The molecule has 5 rings (SSSR count). The number of aliphatic hydroxyl groups excluding tert-OH is 1. The summed E-state index contributed by atoms with van der Waals surface area (Å²) >= 11 is 0. The molecule has 156 valence electrons. The molecule has 1 aliphatic heterocycles. The highest BCUT2D eigenvalue weighted by molar-refractivity contribution is 6.00. The van der Waals surface area contributed by atoms with Crippen LogP contribution >= 0.6 is 0 Å². The Labute approximate surface area is 179 Å². The van der Waals surface area contributed by atoms with Gasteiger partial charge in [0.2, 0.25) is 0 Å². The Kier molecular flexibility index (Phi) is 5.09. The summed E-state index contributed by atoms with van der Waals surface area (Å²) in [5, 5.41) is 12.7. The van der Waals surface area contributed by atoms with E-state index in [0.29, 0.717) is 30.1 Å². The third kappa shape index (κ3) is 3.75. The lowest BCUT2D eigenvalue weighted by atomic mass is 10.0. The van der Waals surface area contributed by atoms with Crippen LogP contribution in [-0.2, 0) is 0 Å². The van der Waals surface area contributed by atoms with E-state index in [4.69, 9.17) is 4.74 Å². The van der Waals surface area contributed by atoms with Crippen LogP contribution in [0.15, 0.2) is 73.3 Å². The molecular weight excluding hydrogens is 392 g/mol. The third-order valence-corrected chi connectivity index (χ3v) is 5.64. The topological polar surface area (TPSA) is 91.3 Å². The average molecular weight is 414 g/mol. The van der Waals surface area contributed by atoms with Crippen molar-refractivity contribution in [2.45, 2.75) is 18.6 Å². The number of imidazole rings is 1. The number of hydrogen-bond acceptors (Lipinski definition) is 5. The number of likely N-dealkylation sites (tertiary alicyclic amines) is 1. The first kappa shape index (κ1) is 19.3. The zero-order valence-electron chi connectivity index (χ0n) is 16.8. The van der Waals surface area contributed by atoms with E-state index in [1.165, 1.54) is 0 Å². The second-order valence-corrected chi connectivity index (χ2v) is 7.60. The molecule has 0 saturated carbocycles. The standard InChI is InChI=1S/C24H22N4O3/c29-20-15-28(24(30)19-6-2-1-5-18(19)23-26-11-12-27-23)13-9-22(20)31-21-7-3-4-16-14-25-10-8-17(16)21/h1-8,10-12,14,20,22,29H,9,13,15H2,(H,26,27)/t20-,22-/m1/s1. The fraction of sp³-hybridized carbons (Fsp3) is 0.208. The fourth-order valence-corrected chi connectivity index (χ4v) is 4.05. The predicted molar refractivity (Wildman–Crippen MR) is 117 cm³/mol. The Morgan fingerprint density at radius 1 is 1.13 bits per heavy atom. The highest BCUT2D eigenvalue weighted by atomic mass is 16.5. The van der Waals surface area contributed by atoms with E-state index in [0.717, 1.165) is 16.3 Å². The molecular formula is C24H22N4O3. The van der Waals surface area contributed by atoms with Crippen molar-refractivity contribution in [3.63, 3.8) is 0 Å². The molecule has 1 fully saturated rings. The number of piperidine rings is 1. The number of H-pyrrole nitrogens is 1. The number of amides is 1. The van der Waals surface area contributed by atoms with Gasteiger partial charge in [0.05, 0.1) is 12.1 Å². The Morgan fingerprint density at radius 2 is 2.03 bits per heavy atom. The summed E-state index contributed by atoms with van der Waals surface area (Å²) in [4.78, 5) is 26.4. The van der Waals surface area contributed by atoms with E-state index in [-0.39, 0.29) is 18.6 Å². The molecule has 2 N–H and O–H groups in total. The summed E-state index contributed by atoms with van der Waals surface area (Å²) < 4.78 is 6.17. The number of nitrogens with one attached hydrogen (secondary N) is 1. The van der Waals surface area contributed by atoms with E-state index in [2.05, 4.69) is 15.0 Å². The van der Waals surface area contributed by atoms with E-state index in [1.807, 2.05) is 42.5 Å².